The van der Waals surface area contributed by atoms with Crippen LogP contribution in [0.25, 0.3) is 0 Å². The van der Waals surface area contributed by atoms with Crippen LogP contribution < -0.4 is 0 Å². The molecule has 0 N–H and O–H groups in total. The Balaban J connectivity index is 2.06. The van der Waals surface area contributed by atoms with Gasteiger partial charge in [-0.3, -0.25) is 0 Å². The van der Waals surface area contributed by atoms with Gasteiger partial charge in [-0.25, -0.2) is 0 Å². The van der Waals surface area contributed by atoms with E-state index in [1.54, 1.807) is 0 Å². The third kappa shape index (κ3) is 7.35. The predicted octanol–water partition coefficient (Wildman–Crippen LogP) is 5.09. The summed E-state index contributed by atoms with van der Waals surface area (Å²) < 4.78 is 0. The van der Waals surface area contributed by atoms with E-state index < -0.39 is 0 Å². The first kappa shape index (κ1) is 13.5. The van der Waals surface area contributed by atoms with E-state index in [0.29, 0.717) is 0 Å². The number of allylic oxidation sites excluding steroid dienone is 5. The van der Waals surface area contributed by atoms with Gasteiger partial charge in [-0.15, -0.1) is 6.58 Å². The number of unbranched alkanes of at least 4 members (excludes halogenated alkanes) is 1. The number of hydrogen-bond acceptors (Lipinski definition) is 0. The fourth-order valence-corrected chi connectivity index (χ4v) is 1.62. The minimum atomic E-state index is 1.05. The molecule has 1 aromatic carbocycles. The summed E-state index contributed by atoms with van der Waals surface area (Å²) in [6.45, 7) is 3.70. The number of hydrogen-bond donors (Lipinski definition) is 0. The second kappa shape index (κ2) is 9.65. The molecule has 0 heteroatoms. The van der Waals surface area contributed by atoms with Gasteiger partial charge in [0.15, 0.2) is 0 Å². The van der Waals surface area contributed by atoms with E-state index in [0.717, 1.165) is 32.1 Å². The van der Waals surface area contributed by atoms with Crippen molar-refractivity contribution in [2.45, 2.75) is 32.1 Å². The number of rotatable bonds is 8. The zero-order valence-electron chi connectivity index (χ0n) is 10.5. The van der Waals surface area contributed by atoms with Gasteiger partial charge in [-0.1, -0.05) is 60.7 Å². The Morgan fingerprint density at radius 1 is 0.824 bits per heavy atom. The third-order valence-electron chi connectivity index (χ3n) is 2.59. The lowest BCUT2D eigenvalue weighted by atomic mass is 10.1. The lowest BCUT2D eigenvalue weighted by molar-refractivity contribution is 0.995. The molecule has 0 saturated heterocycles. The summed E-state index contributed by atoms with van der Waals surface area (Å²) >= 11 is 0. The number of benzene rings is 1. The summed E-state index contributed by atoms with van der Waals surface area (Å²) in [4.78, 5) is 0. The fraction of sp³-hybridized carbons (Fsp3) is 0.294. The maximum absolute atomic E-state index is 3.70. The summed E-state index contributed by atoms with van der Waals surface area (Å²) in [5, 5.41) is 0. The molecule has 0 aliphatic rings. The Bertz CT molecular complexity index is 344. The van der Waals surface area contributed by atoms with Crippen molar-refractivity contribution in [2.24, 2.45) is 0 Å². The van der Waals surface area contributed by atoms with Crippen LogP contribution >= 0.6 is 0 Å². The van der Waals surface area contributed by atoms with E-state index >= 15 is 0 Å². The van der Waals surface area contributed by atoms with Gasteiger partial charge in [0.25, 0.3) is 0 Å². The summed E-state index contributed by atoms with van der Waals surface area (Å²) in [5.41, 5.74) is 1.42. The van der Waals surface area contributed by atoms with Crippen molar-refractivity contribution in [3.05, 3.63) is 72.9 Å². The fourth-order valence-electron chi connectivity index (χ4n) is 1.62. The van der Waals surface area contributed by atoms with E-state index in [2.05, 4.69) is 61.2 Å². The molecule has 0 fully saturated rings. The molecule has 0 radical (unpaired) electrons. The van der Waals surface area contributed by atoms with Crippen LogP contribution in [0.3, 0.4) is 0 Å². The quantitative estimate of drug-likeness (QED) is 0.428. The van der Waals surface area contributed by atoms with Crippen molar-refractivity contribution in [3.63, 3.8) is 0 Å². The maximum atomic E-state index is 3.70. The van der Waals surface area contributed by atoms with Crippen molar-refractivity contribution >= 4 is 0 Å². The van der Waals surface area contributed by atoms with Crippen LogP contribution in [-0.4, -0.2) is 0 Å². The van der Waals surface area contributed by atoms with Gasteiger partial charge in [0.2, 0.25) is 0 Å². The van der Waals surface area contributed by atoms with Crippen molar-refractivity contribution in [1.29, 1.82) is 0 Å². The van der Waals surface area contributed by atoms with Gasteiger partial charge in [0, 0.05) is 0 Å². The van der Waals surface area contributed by atoms with Crippen LogP contribution in [0, 0.1) is 0 Å². The normalized spacial score (nSPS) is 11.3. The summed E-state index contributed by atoms with van der Waals surface area (Å²) in [6.07, 6.45) is 16.4. The molecule has 1 rings (SSSR count). The van der Waals surface area contributed by atoms with Crippen molar-refractivity contribution < 1.29 is 0 Å². The van der Waals surface area contributed by atoms with E-state index in [9.17, 15) is 0 Å². The molecule has 90 valence electrons. The molecule has 0 aliphatic heterocycles. The van der Waals surface area contributed by atoms with Crippen LogP contribution in [-0.2, 0) is 6.42 Å². The summed E-state index contributed by atoms with van der Waals surface area (Å²) in [5.74, 6) is 0. The van der Waals surface area contributed by atoms with E-state index in [1.165, 1.54) is 5.56 Å². The first-order chi connectivity index (χ1) is 8.43. The lowest BCUT2D eigenvalue weighted by Crippen LogP contribution is -1.80. The zero-order valence-corrected chi connectivity index (χ0v) is 10.5. The summed E-state index contributed by atoms with van der Waals surface area (Å²) in [7, 11) is 0. The molecule has 0 saturated carbocycles. The molecule has 0 amide bonds. The highest BCUT2D eigenvalue weighted by molar-refractivity contribution is 5.15. The average Bonchev–Trinajstić information content (AvgIpc) is 2.38. The largest absolute Gasteiger partial charge is 0.103 e. The maximum Gasteiger partial charge on any atom is -0.0169 e. The molecule has 0 unspecified atom stereocenters. The molecule has 0 aliphatic carbocycles. The standard InChI is InChI=1S/C17H22/c1-2-3-4-5-6-7-8-9-11-14-17-15-12-10-13-16-17/h2,5-6,8-10,12-13,15-16H,1,3-4,7,11,14H2. The second-order valence-electron chi connectivity index (χ2n) is 4.07. The summed E-state index contributed by atoms with van der Waals surface area (Å²) in [6, 6.07) is 10.6. The zero-order chi connectivity index (χ0) is 12.2. The third-order valence-corrected chi connectivity index (χ3v) is 2.59. The molecule has 0 nitrogen and oxygen atoms in total. The van der Waals surface area contributed by atoms with Gasteiger partial charge in [0.1, 0.15) is 0 Å². The first-order valence-electron chi connectivity index (χ1n) is 6.38. The molecule has 0 heterocycles. The Labute approximate surface area is 105 Å². The van der Waals surface area contributed by atoms with Crippen LogP contribution in [0.2, 0.25) is 0 Å². The van der Waals surface area contributed by atoms with Crippen LogP contribution in [0.1, 0.15) is 31.2 Å². The molecule has 1 aromatic rings. The van der Waals surface area contributed by atoms with Crippen LogP contribution in [0.15, 0.2) is 67.3 Å². The molecule has 17 heavy (non-hydrogen) atoms. The van der Waals surface area contributed by atoms with E-state index in [1.807, 2.05) is 6.08 Å². The van der Waals surface area contributed by atoms with Gasteiger partial charge in [-0.05, 0) is 37.7 Å². The Hall–Kier alpha value is -1.56. The van der Waals surface area contributed by atoms with Crippen molar-refractivity contribution in [2.75, 3.05) is 0 Å². The van der Waals surface area contributed by atoms with Crippen LogP contribution in [0.4, 0.5) is 0 Å². The van der Waals surface area contributed by atoms with E-state index in [4.69, 9.17) is 0 Å². The van der Waals surface area contributed by atoms with Crippen molar-refractivity contribution in [1.82, 2.24) is 0 Å². The molecular weight excluding hydrogens is 204 g/mol. The highest BCUT2D eigenvalue weighted by Crippen LogP contribution is 2.03. The monoisotopic (exact) mass is 226 g/mol. The highest BCUT2D eigenvalue weighted by Gasteiger charge is 1.87. The highest BCUT2D eigenvalue weighted by atomic mass is 13.9. The molecule has 0 spiro atoms. The Morgan fingerprint density at radius 2 is 1.53 bits per heavy atom. The van der Waals surface area contributed by atoms with E-state index in [-0.39, 0.29) is 0 Å². The van der Waals surface area contributed by atoms with Crippen LogP contribution in [0.5, 0.6) is 0 Å². The minimum Gasteiger partial charge on any atom is -0.103 e. The predicted molar refractivity (Wildman–Crippen MR) is 77.1 cm³/mol. The van der Waals surface area contributed by atoms with Gasteiger partial charge in [0.05, 0.1) is 0 Å². The molecule has 0 bridgehead atoms. The SMILES string of the molecule is C=CCCC=CCC=CCCc1ccccc1. The van der Waals surface area contributed by atoms with Gasteiger partial charge >= 0.3 is 0 Å². The first-order valence-corrected chi connectivity index (χ1v) is 6.38. The second-order valence-corrected chi connectivity index (χ2v) is 4.07. The van der Waals surface area contributed by atoms with Gasteiger partial charge < -0.3 is 0 Å². The Kier molecular flexibility index (Phi) is 7.67. The molecule has 0 aromatic heterocycles. The van der Waals surface area contributed by atoms with Gasteiger partial charge in [-0.2, -0.15) is 0 Å². The molecular formula is C17H22. The Morgan fingerprint density at radius 3 is 2.24 bits per heavy atom. The number of aryl methyl sites for hydroxylation is 1. The topological polar surface area (TPSA) is 0 Å². The smallest absolute Gasteiger partial charge is 0.0169 e. The molecule has 0 atom stereocenters. The van der Waals surface area contributed by atoms with Crippen molar-refractivity contribution in [3.8, 4) is 0 Å². The average molecular weight is 226 g/mol. The lowest BCUT2D eigenvalue weighted by Gasteiger charge is -1.95. The minimum absolute atomic E-state index is 1.05.